The van der Waals surface area contributed by atoms with Crippen LogP contribution in [-0.4, -0.2) is 38.4 Å². The molecule has 0 aliphatic rings. The molecule has 0 atom stereocenters. The Balaban J connectivity index is 3.40. The lowest BCUT2D eigenvalue weighted by Gasteiger charge is -2.25. The normalized spacial score (nSPS) is 12.0. The molecule has 0 heterocycles. The van der Waals surface area contributed by atoms with Gasteiger partial charge in [0.15, 0.2) is 5.82 Å². The lowest BCUT2D eigenvalue weighted by molar-refractivity contribution is -0.141. The number of nitrogens with two attached hydrogens (primary N) is 1. The van der Waals surface area contributed by atoms with E-state index in [1.807, 2.05) is 0 Å². The topological polar surface area (TPSA) is 89.7 Å². The molecule has 6 nitrogen and oxygen atoms in total. The lowest BCUT2D eigenvalue weighted by atomic mass is 10.3. The number of methoxy groups -OCH3 is 1. The van der Waals surface area contributed by atoms with Gasteiger partial charge < -0.3 is 10.5 Å². The smallest absolute Gasteiger partial charge is 0.321 e. The van der Waals surface area contributed by atoms with Gasteiger partial charge in [0.05, 0.1) is 12.8 Å². The molecule has 0 radical (unpaired) electrons. The zero-order valence-corrected chi connectivity index (χ0v) is 13.3. The van der Waals surface area contributed by atoms with Gasteiger partial charge in [0, 0.05) is 11.1 Å². The Morgan fingerprint density at radius 3 is 2.52 bits per heavy atom. The van der Waals surface area contributed by atoms with Crippen LogP contribution in [-0.2, 0) is 19.6 Å². The van der Waals surface area contributed by atoms with E-state index in [2.05, 4.69) is 4.74 Å². The summed E-state index contributed by atoms with van der Waals surface area (Å²) in [4.78, 5) is 10.7. The van der Waals surface area contributed by atoms with Crippen LogP contribution in [0, 0.1) is 5.82 Å². The number of esters is 1. The second-order valence-electron chi connectivity index (χ2n) is 4.53. The van der Waals surface area contributed by atoms with E-state index in [-0.39, 0.29) is 10.7 Å². The first-order valence-electron chi connectivity index (χ1n) is 5.94. The highest BCUT2D eigenvalue weighted by atomic mass is 35.5. The summed E-state index contributed by atoms with van der Waals surface area (Å²) >= 11 is 5.72. The third kappa shape index (κ3) is 3.84. The average molecular weight is 339 g/mol. The molecule has 1 rings (SSSR count). The highest BCUT2D eigenvalue weighted by Gasteiger charge is 2.32. The highest BCUT2D eigenvalue weighted by molar-refractivity contribution is 7.89. The molecular formula is C12H16ClFN2O4S. The van der Waals surface area contributed by atoms with Crippen LogP contribution in [0.2, 0.25) is 5.02 Å². The third-order valence-electron chi connectivity index (χ3n) is 2.71. The number of hydrogen-bond acceptors (Lipinski definition) is 5. The van der Waals surface area contributed by atoms with Gasteiger partial charge >= 0.3 is 5.97 Å². The SMILES string of the molecule is COC(=O)CN(C(C)C)S(=O)(=O)c1cc(Cl)cc(N)c1F. The van der Waals surface area contributed by atoms with E-state index in [9.17, 15) is 17.6 Å². The van der Waals surface area contributed by atoms with Crippen molar-refractivity contribution in [2.75, 3.05) is 19.4 Å². The number of hydrogen-bond donors (Lipinski definition) is 1. The number of nitrogen functional groups attached to an aromatic ring is 1. The van der Waals surface area contributed by atoms with Gasteiger partial charge in [-0.25, -0.2) is 12.8 Å². The number of anilines is 1. The van der Waals surface area contributed by atoms with E-state index in [4.69, 9.17) is 17.3 Å². The fourth-order valence-electron chi connectivity index (χ4n) is 1.64. The zero-order valence-electron chi connectivity index (χ0n) is 11.8. The lowest BCUT2D eigenvalue weighted by Crippen LogP contribution is -2.41. The standard InChI is InChI=1S/C12H16ClFN2O4S/c1-7(2)16(6-11(17)20-3)21(18,19)10-5-8(13)4-9(15)12(10)14/h4-5,7H,6,15H2,1-3H3. The van der Waals surface area contributed by atoms with Crippen LogP contribution in [0.3, 0.4) is 0 Å². The van der Waals surface area contributed by atoms with Gasteiger partial charge in [-0.15, -0.1) is 0 Å². The molecule has 0 aliphatic heterocycles. The second-order valence-corrected chi connectivity index (χ2v) is 6.82. The maximum Gasteiger partial charge on any atom is 0.321 e. The summed E-state index contributed by atoms with van der Waals surface area (Å²) in [6, 6.07) is 1.47. The van der Waals surface area contributed by atoms with Gasteiger partial charge in [-0.05, 0) is 26.0 Å². The van der Waals surface area contributed by atoms with Crippen molar-refractivity contribution in [3.63, 3.8) is 0 Å². The quantitative estimate of drug-likeness (QED) is 0.651. The summed E-state index contributed by atoms with van der Waals surface area (Å²) in [6.07, 6.45) is 0. The first kappa shape index (κ1) is 17.7. The Labute approximate surface area is 127 Å². The monoisotopic (exact) mass is 338 g/mol. The predicted molar refractivity (Wildman–Crippen MR) is 76.9 cm³/mol. The average Bonchev–Trinajstić information content (AvgIpc) is 2.38. The molecule has 0 spiro atoms. The van der Waals surface area contributed by atoms with Gasteiger partial charge in [0.25, 0.3) is 0 Å². The number of ether oxygens (including phenoxy) is 1. The van der Waals surface area contributed by atoms with Crippen LogP contribution in [0.4, 0.5) is 10.1 Å². The van der Waals surface area contributed by atoms with Crippen molar-refractivity contribution in [2.45, 2.75) is 24.8 Å². The fraction of sp³-hybridized carbons (Fsp3) is 0.417. The molecule has 118 valence electrons. The van der Waals surface area contributed by atoms with E-state index in [1.165, 1.54) is 0 Å². The minimum absolute atomic E-state index is 0.0192. The van der Waals surface area contributed by atoms with Crippen molar-refractivity contribution in [1.29, 1.82) is 0 Å². The summed E-state index contributed by atoms with van der Waals surface area (Å²) < 4.78 is 44.3. The Bertz CT molecular complexity index is 649. The fourth-order valence-corrected chi connectivity index (χ4v) is 3.63. The molecule has 0 amide bonds. The molecule has 0 fully saturated rings. The van der Waals surface area contributed by atoms with Crippen molar-refractivity contribution in [3.05, 3.63) is 23.0 Å². The predicted octanol–water partition coefficient (Wildman–Crippen LogP) is 1.63. The number of nitrogens with zero attached hydrogens (tertiary/aromatic N) is 1. The van der Waals surface area contributed by atoms with E-state index >= 15 is 0 Å². The first-order valence-corrected chi connectivity index (χ1v) is 7.76. The van der Waals surface area contributed by atoms with Crippen molar-refractivity contribution in [2.24, 2.45) is 0 Å². The van der Waals surface area contributed by atoms with Crippen LogP contribution < -0.4 is 5.73 Å². The van der Waals surface area contributed by atoms with Crippen LogP contribution in [0.15, 0.2) is 17.0 Å². The van der Waals surface area contributed by atoms with Crippen LogP contribution >= 0.6 is 11.6 Å². The molecular weight excluding hydrogens is 323 g/mol. The maximum absolute atomic E-state index is 14.0. The van der Waals surface area contributed by atoms with Gasteiger partial charge in [0.2, 0.25) is 10.0 Å². The molecule has 2 N–H and O–H groups in total. The zero-order chi connectivity index (χ0) is 16.4. The number of halogens is 2. The van der Waals surface area contributed by atoms with E-state index in [1.54, 1.807) is 13.8 Å². The van der Waals surface area contributed by atoms with E-state index in [0.29, 0.717) is 0 Å². The number of benzene rings is 1. The van der Waals surface area contributed by atoms with Crippen molar-refractivity contribution in [3.8, 4) is 0 Å². The Kier molecular flexibility index (Phi) is 5.54. The minimum Gasteiger partial charge on any atom is -0.468 e. The van der Waals surface area contributed by atoms with Crippen molar-refractivity contribution in [1.82, 2.24) is 4.31 Å². The molecule has 0 aliphatic carbocycles. The Hall–Kier alpha value is -1.38. The van der Waals surface area contributed by atoms with Gasteiger partial charge in [-0.1, -0.05) is 11.6 Å². The van der Waals surface area contributed by atoms with Gasteiger partial charge in [-0.3, -0.25) is 4.79 Å². The molecule has 0 aromatic heterocycles. The maximum atomic E-state index is 14.0. The third-order valence-corrected chi connectivity index (χ3v) is 4.95. The van der Waals surface area contributed by atoms with Crippen LogP contribution in [0.5, 0.6) is 0 Å². The van der Waals surface area contributed by atoms with Crippen molar-refractivity contribution < 1.29 is 22.3 Å². The Morgan fingerprint density at radius 1 is 1.48 bits per heavy atom. The summed E-state index contributed by atoms with van der Waals surface area (Å²) in [6.45, 7) is 2.56. The Morgan fingerprint density at radius 2 is 2.05 bits per heavy atom. The molecule has 9 heteroatoms. The number of sulfonamides is 1. The van der Waals surface area contributed by atoms with Crippen molar-refractivity contribution >= 4 is 33.3 Å². The van der Waals surface area contributed by atoms with Crippen LogP contribution in [0.1, 0.15) is 13.8 Å². The molecule has 1 aromatic carbocycles. The molecule has 0 bridgehead atoms. The number of carbonyl (C=O) groups excluding carboxylic acids is 1. The second kappa shape index (κ2) is 6.59. The molecule has 0 saturated carbocycles. The molecule has 1 aromatic rings. The summed E-state index contributed by atoms with van der Waals surface area (Å²) in [7, 11) is -3.16. The van der Waals surface area contributed by atoms with Gasteiger partial charge in [0.1, 0.15) is 11.4 Å². The molecule has 0 unspecified atom stereocenters. The summed E-state index contributed by atoms with van der Waals surface area (Å²) in [5.41, 5.74) is 5.00. The summed E-state index contributed by atoms with van der Waals surface area (Å²) in [5, 5.41) is -0.0192. The molecule has 0 saturated heterocycles. The minimum atomic E-state index is -4.29. The van der Waals surface area contributed by atoms with Crippen LogP contribution in [0.25, 0.3) is 0 Å². The number of rotatable bonds is 5. The number of carbonyl (C=O) groups is 1. The van der Waals surface area contributed by atoms with E-state index in [0.717, 1.165) is 23.5 Å². The highest BCUT2D eigenvalue weighted by Crippen LogP contribution is 2.28. The summed E-state index contributed by atoms with van der Waals surface area (Å²) in [5.74, 6) is -1.86. The first-order chi connectivity index (χ1) is 9.61. The molecule has 21 heavy (non-hydrogen) atoms. The largest absolute Gasteiger partial charge is 0.468 e. The van der Waals surface area contributed by atoms with E-state index < -0.39 is 39.3 Å². The van der Waals surface area contributed by atoms with Gasteiger partial charge in [-0.2, -0.15) is 4.31 Å².